The van der Waals surface area contributed by atoms with Gasteiger partial charge >= 0.3 is 0 Å². The number of benzene rings is 1. The summed E-state index contributed by atoms with van der Waals surface area (Å²) in [5.74, 6) is -2.09. The Bertz CT molecular complexity index is 919. The summed E-state index contributed by atoms with van der Waals surface area (Å²) in [6.07, 6.45) is 1.56. The van der Waals surface area contributed by atoms with Crippen molar-refractivity contribution < 1.29 is 18.8 Å². The van der Waals surface area contributed by atoms with E-state index in [1.54, 1.807) is 36.4 Å². The molecule has 2 fully saturated rings. The van der Waals surface area contributed by atoms with E-state index in [0.717, 1.165) is 0 Å². The molecule has 2 amide bonds. The van der Waals surface area contributed by atoms with Crippen LogP contribution >= 0.6 is 23.8 Å². The van der Waals surface area contributed by atoms with Gasteiger partial charge in [-0.15, -0.1) is 0 Å². The first-order valence-electron chi connectivity index (χ1n) is 8.40. The van der Waals surface area contributed by atoms with Crippen LogP contribution in [0.2, 0.25) is 5.02 Å². The zero-order chi connectivity index (χ0) is 19.2. The number of rotatable bonds is 2. The molecule has 2 N–H and O–H groups in total. The van der Waals surface area contributed by atoms with Gasteiger partial charge < -0.3 is 15.1 Å². The first-order valence-corrected chi connectivity index (χ1v) is 9.19. The smallest absolute Gasteiger partial charge is 0.243 e. The largest absolute Gasteiger partial charge is 0.469 e. The van der Waals surface area contributed by atoms with Crippen LogP contribution in [0.4, 0.5) is 0 Å². The van der Waals surface area contributed by atoms with Gasteiger partial charge in [0.05, 0.1) is 6.26 Å². The van der Waals surface area contributed by atoms with Crippen LogP contribution in [0.15, 0.2) is 47.1 Å². The van der Waals surface area contributed by atoms with Gasteiger partial charge in [0.2, 0.25) is 11.8 Å². The van der Waals surface area contributed by atoms with Crippen molar-refractivity contribution in [1.82, 2.24) is 10.6 Å². The summed E-state index contributed by atoms with van der Waals surface area (Å²) in [6, 6.07) is 10.2. The third kappa shape index (κ3) is 2.78. The topological polar surface area (TPSA) is 88.4 Å². The number of Topliss-reactive ketones (excluding diaryl/α,β-unsaturated/α-hetero) is 1. The Kier molecular flexibility index (Phi) is 4.36. The van der Waals surface area contributed by atoms with Gasteiger partial charge in [0, 0.05) is 29.7 Å². The number of furan rings is 1. The molecule has 2 unspecified atom stereocenters. The molecule has 1 aliphatic carbocycles. The van der Waals surface area contributed by atoms with Crippen molar-refractivity contribution in [1.29, 1.82) is 0 Å². The number of ketones is 1. The minimum Gasteiger partial charge on any atom is -0.469 e. The van der Waals surface area contributed by atoms with Gasteiger partial charge in [-0.2, -0.15) is 0 Å². The Hall–Kier alpha value is -2.51. The minimum atomic E-state index is -1.55. The van der Waals surface area contributed by atoms with Crippen molar-refractivity contribution in [3.05, 3.63) is 59.0 Å². The summed E-state index contributed by atoms with van der Waals surface area (Å²) in [5, 5.41) is 5.62. The molecule has 2 heterocycles. The molecule has 0 bridgehead atoms. The second-order valence-corrected chi connectivity index (χ2v) is 7.57. The summed E-state index contributed by atoms with van der Waals surface area (Å²) in [6.45, 7) is 0. The normalized spacial score (nSPS) is 24.6. The van der Waals surface area contributed by atoms with Crippen molar-refractivity contribution in [2.24, 2.45) is 5.41 Å². The fourth-order valence-corrected chi connectivity index (χ4v) is 4.49. The van der Waals surface area contributed by atoms with Gasteiger partial charge in [-0.05, 0) is 42.0 Å². The number of amides is 2. The highest BCUT2D eigenvalue weighted by Gasteiger charge is 2.63. The molecule has 0 radical (unpaired) electrons. The predicted octanol–water partition coefficient (Wildman–Crippen LogP) is 2.68. The predicted molar refractivity (Wildman–Crippen MR) is 101 cm³/mol. The van der Waals surface area contributed by atoms with Crippen LogP contribution in [0.3, 0.4) is 0 Å². The second-order valence-electron chi connectivity index (χ2n) is 6.73. The molecule has 1 aromatic heterocycles. The standard InChI is InChI=1S/C19H15ClN2O4S/c20-11-5-3-10(4-6-11)13-8-12(23)9-14(15-2-1-7-26-15)19(13)16(24)21-18(27)22-17(19)25/h1-7,13-14H,8-9H2,(H2,21,22,24,25,27). The molecule has 2 aromatic rings. The van der Waals surface area contributed by atoms with Crippen LogP contribution in [-0.4, -0.2) is 22.7 Å². The van der Waals surface area contributed by atoms with Gasteiger partial charge in [-0.3, -0.25) is 14.4 Å². The molecule has 138 valence electrons. The lowest BCUT2D eigenvalue weighted by molar-refractivity contribution is -0.151. The molecular weight excluding hydrogens is 388 g/mol. The highest BCUT2D eigenvalue weighted by molar-refractivity contribution is 7.80. The summed E-state index contributed by atoms with van der Waals surface area (Å²) >= 11 is 11.0. The van der Waals surface area contributed by atoms with Crippen LogP contribution in [0.5, 0.6) is 0 Å². The Balaban J connectivity index is 1.93. The Morgan fingerprint density at radius 1 is 1.00 bits per heavy atom. The molecule has 1 saturated heterocycles. The number of carbonyl (C=O) groups excluding carboxylic acids is 3. The molecule has 27 heavy (non-hydrogen) atoms. The average molecular weight is 403 g/mol. The van der Waals surface area contributed by atoms with Gasteiger partial charge in [0.15, 0.2) is 5.11 Å². The third-order valence-corrected chi connectivity index (χ3v) is 5.78. The molecule has 8 heteroatoms. The van der Waals surface area contributed by atoms with Gasteiger partial charge in [0.25, 0.3) is 0 Å². The van der Waals surface area contributed by atoms with Crippen LogP contribution < -0.4 is 10.6 Å². The summed E-state index contributed by atoms with van der Waals surface area (Å²) < 4.78 is 5.51. The zero-order valence-electron chi connectivity index (χ0n) is 14.0. The van der Waals surface area contributed by atoms with Crippen LogP contribution in [-0.2, 0) is 14.4 Å². The lowest BCUT2D eigenvalue weighted by Gasteiger charge is -2.47. The van der Waals surface area contributed by atoms with Crippen molar-refractivity contribution in [3.63, 3.8) is 0 Å². The van der Waals surface area contributed by atoms with Crippen LogP contribution in [0.1, 0.15) is 36.0 Å². The maximum Gasteiger partial charge on any atom is 0.243 e. The SMILES string of the molecule is O=C1CC(c2ccc(Cl)cc2)C2(C(=O)NC(=S)NC2=O)C(c2ccco2)C1. The maximum absolute atomic E-state index is 13.2. The molecule has 2 aliphatic rings. The van der Waals surface area contributed by atoms with Crippen molar-refractivity contribution >= 4 is 46.5 Å². The molecule has 1 spiro atoms. The van der Waals surface area contributed by atoms with Crippen molar-refractivity contribution in [2.75, 3.05) is 0 Å². The van der Waals surface area contributed by atoms with E-state index in [1.165, 1.54) is 6.26 Å². The van der Waals surface area contributed by atoms with E-state index in [0.29, 0.717) is 16.3 Å². The quantitative estimate of drug-likeness (QED) is 0.595. The minimum absolute atomic E-state index is 0.0329. The number of thiocarbonyl (C=S) groups is 1. The van der Waals surface area contributed by atoms with E-state index in [-0.39, 0.29) is 23.7 Å². The maximum atomic E-state index is 13.2. The number of hydrogen-bond acceptors (Lipinski definition) is 5. The van der Waals surface area contributed by atoms with E-state index in [9.17, 15) is 14.4 Å². The fraction of sp³-hybridized carbons (Fsp3) is 0.263. The summed E-state index contributed by atoms with van der Waals surface area (Å²) in [7, 11) is 0. The van der Waals surface area contributed by atoms with Crippen molar-refractivity contribution in [2.45, 2.75) is 24.7 Å². The van der Waals surface area contributed by atoms with E-state index in [4.69, 9.17) is 28.2 Å². The number of carbonyl (C=O) groups is 3. The Morgan fingerprint density at radius 3 is 2.22 bits per heavy atom. The zero-order valence-corrected chi connectivity index (χ0v) is 15.6. The Morgan fingerprint density at radius 2 is 1.63 bits per heavy atom. The molecule has 1 aromatic carbocycles. The molecule has 4 rings (SSSR count). The number of halogens is 1. The first kappa shape index (κ1) is 17.9. The fourth-order valence-electron chi connectivity index (χ4n) is 4.17. The molecular formula is C19H15ClN2O4S. The molecule has 1 saturated carbocycles. The van der Waals surface area contributed by atoms with Gasteiger partial charge in [0.1, 0.15) is 17.0 Å². The van der Waals surface area contributed by atoms with Crippen LogP contribution in [0, 0.1) is 5.41 Å². The van der Waals surface area contributed by atoms with E-state index >= 15 is 0 Å². The van der Waals surface area contributed by atoms with E-state index in [2.05, 4.69) is 10.6 Å². The molecule has 2 atom stereocenters. The Labute approximate surface area is 165 Å². The first-order chi connectivity index (χ1) is 12.9. The van der Waals surface area contributed by atoms with Crippen molar-refractivity contribution in [3.8, 4) is 0 Å². The van der Waals surface area contributed by atoms with E-state index < -0.39 is 29.1 Å². The lowest BCUT2D eigenvalue weighted by atomic mass is 9.55. The summed E-state index contributed by atoms with van der Waals surface area (Å²) in [5.41, 5.74) is -0.871. The van der Waals surface area contributed by atoms with Gasteiger partial charge in [-0.1, -0.05) is 23.7 Å². The van der Waals surface area contributed by atoms with E-state index in [1.807, 2.05) is 0 Å². The molecule has 6 nitrogen and oxygen atoms in total. The average Bonchev–Trinajstić information content (AvgIpc) is 3.14. The lowest BCUT2D eigenvalue weighted by Crippen LogP contribution is -2.67. The van der Waals surface area contributed by atoms with Gasteiger partial charge in [-0.25, -0.2) is 0 Å². The number of hydrogen-bond donors (Lipinski definition) is 2. The highest BCUT2D eigenvalue weighted by Crippen LogP contribution is 2.55. The molecule has 1 aliphatic heterocycles. The second kappa shape index (κ2) is 6.58. The highest BCUT2D eigenvalue weighted by atomic mass is 35.5. The monoisotopic (exact) mass is 402 g/mol. The third-order valence-electron chi connectivity index (χ3n) is 5.33. The van der Waals surface area contributed by atoms with Crippen LogP contribution in [0.25, 0.3) is 0 Å². The summed E-state index contributed by atoms with van der Waals surface area (Å²) in [4.78, 5) is 39.0. The number of nitrogens with one attached hydrogen (secondary N) is 2.